The summed E-state index contributed by atoms with van der Waals surface area (Å²) in [5, 5.41) is 4.75. The fourth-order valence-electron chi connectivity index (χ4n) is 3.04. The largest absolute Gasteiger partial charge is 0.312 e. The van der Waals surface area contributed by atoms with E-state index in [1.54, 1.807) is 23.0 Å². The average molecular weight is 330 g/mol. The molecule has 0 unspecified atom stereocenters. The lowest BCUT2D eigenvalue weighted by atomic mass is 10.0. The van der Waals surface area contributed by atoms with E-state index in [1.807, 2.05) is 67.2 Å². The van der Waals surface area contributed by atoms with Crippen LogP contribution in [0.4, 0.5) is 0 Å². The van der Waals surface area contributed by atoms with Crippen LogP contribution >= 0.6 is 0 Å². The molecule has 124 valence electrons. The Balaban J connectivity index is 2.04. The lowest BCUT2D eigenvalue weighted by Crippen LogP contribution is -2.20. The number of benzene rings is 1. The van der Waals surface area contributed by atoms with Crippen molar-refractivity contribution in [3.63, 3.8) is 0 Å². The number of pyridine rings is 1. The van der Waals surface area contributed by atoms with Gasteiger partial charge in [0.2, 0.25) is 0 Å². The van der Waals surface area contributed by atoms with Crippen LogP contribution in [0, 0.1) is 0 Å². The Morgan fingerprint density at radius 2 is 1.80 bits per heavy atom. The highest BCUT2D eigenvalue weighted by atomic mass is 16.1. The molecule has 0 N–H and O–H groups in total. The van der Waals surface area contributed by atoms with Gasteiger partial charge in [0.1, 0.15) is 5.69 Å². The molecule has 0 saturated carbocycles. The molecule has 0 aliphatic rings. The molecular formula is C20H18N4O. The quantitative estimate of drug-likeness (QED) is 0.574. The van der Waals surface area contributed by atoms with E-state index in [9.17, 15) is 4.79 Å². The second-order valence-corrected chi connectivity index (χ2v) is 6.25. The van der Waals surface area contributed by atoms with Crippen molar-refractivity contribution in [3.05, 3.63) is 77.6 Å². The summed E-state index contributed by atoms with van der Waals surface area (Å²) in [5.41, 5.74) is 4.75. The Labute approximate surface area is 145 Å². The second kappa shape index (κ2) is 6.02. The highest BCUT2D eigenvalue weighted by Gasteiger charge is 2.17. The Bertz CT molecular complexity index is 1090. The zero-order valence-electron chi connectivity index (χ0n) is 14.1. The van der Waals surface area contributed by atoms with Gasteiger partial charge in [-0.3, -0.25) is 9.78 Å². The highest BCUT2D eigenvalue weighted by molar-refractivity contribution is 5.91. The van der Waals surface area contributed by atoms with Gasteiger partial charge < -0.3 is 4.57 Å². The van der Waals surface area contributed by atoms with Crippen LogP contribution in [0.2, 0.25) is 0 Å². The van der Waals surface area contributed by atoms with Crippen molar-refractivity contribution < 1.29 is 0 Å². The van der Waals surface area contributed by atoms with E-state index >= 15 is 0 Å². The van der Waals surface area contributed by atoms with Crippen LogP contribution in [0.25, 0.3) is 27.9 Å². The molecule has 5 nitrogen and oxygen atoms in total. The molecule has 0 aliphatic heterocycles. The molecule has 0 fully saturated rings. The number of nitrogens with zero attached hydrogens (tertiary/aromatic N) is 4. The average Bonchev–Trinajstić information content (AvgIpc) is 3.02. The van der Waals surface area contributed by atoms with Gasteiger partial charge >= 0.3 is 0 Å². The summed E-state index contributed by atoms with van der Waals surface area (Å²) in [5.74, 6) is 0. The van der Waals surface area contributed by atoms with Gasteiger partial charge in [-0.1, -0.05) is 30.3 Å². The third-order valence-corrected chi connectivity index (χ3v) is 4.27. The maximum atomic E-state index is 12.1. The normalized spacial score (nSPS) is 11.3. The molecule has 4 rings (SSSR count). The van der Waals surface area contributed by atoms with Crippen LogP contribution in [0.3, 0.4) is 0 Å². The van der Waals surface area contributed by atoms with Crippen molar-refractivity contribution in [3.8, 4) is 22.4 Å². The van der Waals surface area contributed by atoms with E-state index in [1.165, 1.54) is 0 Å². The lowest BCUT2D eigenvalue weighted by molar-refractivity contribution is 0.579. The molecular weight excluding hydrogens is 312 g/mol. The molecule has 3 aromatic heterocycles. The molecule has 0 bridgehead atoms. The molecule has 0 aliphatic carbocycles. The SMILES string of the molecule is CC(C)n1cc(-c2c(-c3ccccc3)nn3ccncc23)ccc1=O. The van der Waals surface area contributed by atoms with Gasteiger partial charge in [-0.25, -0.2) is 4.52 Å². The summed E-state index contributed by atoms with van der Waals surface area (Å²) in [7, 11) is 0. The first-order valence-electron chi connectivity index (χ1n) is 8.25. The molecule has 5 heteroatoms. The predicted octanol–water partition coefficient (Wildman–Crippen LogP) is 3.81. The van der Waals surface area contributed by atoms with Crippen LogP contribution in [0.5, 0.6) is 0 Å². The van der Waals surface area contributed by atoms with Gasteiger partial charge in [0.05, 0.1) is 11.7 Å². The van der Waals surface area contributed by atoms with E-state index < -0.39 is 0 Å². The Morgan fingerprint density at radius 3 is 2.56 bits per heavy atom. The lowest BCUT2D eigenvalue weighted by Gasteiger charge is -2.12. The molecule has 0 saturated heterocycles. The van der Waals surface area contributed by atoms with Crippen molar-refractivity contribution in [1.82, 2.24) is 19.2 Å². The fraction of sp³-hybridized carbons (Fsp3) is 0.150. The van der Waals surface area contributed by atoms with Crippen LogP contribution in [0.1, 0.15) is 19.9 Å². The van der Waals surface area contributed by atoms with Crippen molar-refractivity contribution >= 4 is 5.52 Å². The molecule has 0 spiro atoms. The Kier molecular flexibility index (Phi) is 3.69. The van der Waals surface area contributed by atoms with E-state index in [4.69, 9.17) is 5.10 Å². The minimum atomic E-state index is -0.00499. The van der Waals surface area contributed by atoms with E-state index in [0.717, 1.165) is 27.9 Å². The van der Waals surface area contributed by atoms with Crippen LogP contribution in [0.15, 0.2) is 72.0 Å². The van der Waals surface area contributed by atoms with Crippen molar-refractivity contribution in [2.75, 3.05) is 0 Å². The van der Waals surface area contributed by atoms with Gasteiger partial charge in [-0.15, -0.1) is 0 Å². The van der Waals surface area contributed by atoms with Crippen molar-refractivity contribution in [2.24, 2.45) is 0 Å². The van der Waals surface area contributed by atoms with Crippen LogP contribution in [-0.2, 0) is 0 Å². The van der Waals surface area contributed by atoms with Crippen molar-refractivity contribution in [1.29, 1.82) is 0 Å². The second-order valence-electron chi connectivity index (χ2n) is 6.25. The zero-order valence-corrected chi connectivity index (χ0v) is 14.1. The van der Waals surface area contributed by atoms with Crippen molar-refractivity contribution in [2.45, 2.75) is 19.9 Å². The molecule has 1 aromatic carbocycles. The number of rotatable bonds is 3. The number of aromatic nitrogens is 4. The van der Waals surface area contributed by atoms with E-state index in [-0.39, 0.29) is 11.6 Å². The van der Waals surface area contributed by atoms with Gasteiger partial charge in [0, 0.05) is 47.4 Å². The first-order chi connectivity index (χ1) is 12.1. The summed E-state index contributed by atoms with van der Waals surface area (Å²) >= 11 is 0. The Hall–Kier alpha value is -3.21. The molecule has 0 atom stereocenters. The summed E-state index contributed by atoms with van der Waals surface area (Å²) in [4.78, 5) is 16.4. The van der Waals surface area contributed by atoms with Crippen LogP contribution in [-0.4, -0.2) is 19.2 Å². The fourth-order valence-corrected chi connectivity index (χ4v) is 3.04. The molecule has 25 heavy (non-hydrogen) atoms. The third kappa shape index (κ3) is 2.63. The predicted molar refractivity (Wildman–Crippen MR) is 98.5 cm³/mol. The van der Waals surface area contributed by atoms with E-state index in [2.05, 4.69) is 4.98 Å². The van der Waals surface area contributed by atoms with E-state index in [0.29, 0.717) is 0 Å². The summed E-state index contributed by atoms with van der Waals surface area (Å²) < 4.78 is 3.57. The Morgan fingerprint density at radius 1 is 1.00 bits per heavy atom. The molecule has 3 heterocycles. The molecule has 0 amide bonds. The maximum absolute atomic E-state index is 12.1. The minimum Gasteiger partial charge on any atom is -0.312 e. The topological polar surface area (TPSA) is 52.2 Å². The third-order valence-electron chi connectivity index (χ3n) is 4.27. The number of hydrogen-bond donors (Lipinski definition) is 0. The minimum absolute atomic E-state index is 0.00499. The summed E-state index contributed by atoms with van der Waals surface area (Å²) in [6.07, 6.45) is 7.26. The zero-order chi connectivity index (χ0) is 17.4. The number of fused-ring (bicyclic) bond motifs is 1. The smallest absolute Gasteiger partial charge is 0.250 e. The van der Waals surface area contributed by atoms with Crippen LogP contribution < -0.4 is 5.56 Å². The molecule has 4 aromatic rings. The molecule has 0 radical (unpaired) electrons. The number of hydrogen-bond acceptors (Lipinski definition) is 3. The van der Waals surface area contributed by atoms with Gasteiger partial charge in [0.25, 0.3) is 5.56 Å². The maximum Gasteiger partial charge on any atom is 0.250 e. The summed E-state index contributed by atoms with van der Waals surface area (Å²) in [6, 6.07) is 13.6. The van der Waals surface area contributed by atoms with Gasteiger partial charge in [0.15, 0.2) is 0 Å². The highest BCUT2D eigenvalue weighted by Crippen LogP contribution is 2.34. The first-order valence-corrected chi connectivity index (χ1v) is 8.25. The monoisotopic (exact) mass is 330 g/mol. The standard InChI is InChI=1S/C20H18N4O/c1-14(2)23-13-16(8-9-18(23)25)19-17-12-21-10-11-24(17)22-20(19)15-6-4-3-5-7-15/h3-14H,1-2H3. The van der Waals surface area contributed by atoms with Gasteiger partial charge in [-0.2, -0.15) is 5.10 Å². The van der Waals surface area contributed by atoms with Gasteiger partial charge in [-0.05, 0) is 19.9 Å². The first kappa shape index (κ1) is 15.3. The summed E-state index contributed by atoms with van der Waals surface area (Å²) in [6.45, 7) is 4.00.